The minimum absolute atomic E-state index is 0.0643. The summed E-state index contributed by atoms with van der Waals surface area (Å²) in [6.07, 6.45) is 8.01. The molecule has 46 heavy (non-hydrogen) atoms. The summed E-state index contributed by atoms with van der Waals surface area (Å²) in [5, 5.41) is 13.6. The van der Waals surface area contributed by atoms with Crippen LogP contribution < -0.4 is 5.32 Å². The number of aliphatic hydroxyl groups is 1. The predicted molar refractivity (Wildman–Crippen MR) is 169 cm³/mol. The van der Waals surface area contributed by atoms with E-state index in [2.05, 4.69) is 5.32 Å². The second-order valence-electron chi connectivity index (χ2n) is 12.3. The van der Waals surface area contributed by atoms with E-state index >= 15 is 0 Å². The van der Waals surface area contributed by atoms with Crippen LogP contribution >= 0.6 is 0 Å². The van der Waals surface area contributed by atoms with Crippen molar-refractivity contribution in [1.82, 2.24) is 15.1 Å². The van der Waals surface area contributed by atoms with Gasteiger partial charge in [-0.15, -0.1) is 0 Å². The zero-order valence-electron chi connectivity index (χ0n) is 26.0. The molecule has 2 N–H and O–H groups in total. The number of esters is 1. The Kier molecular flexibility index (Phi) is 9.37. The maximum Gasteiger partial charge on any atom is 0.313 e. The highest BCUT2D eigenvalue weighted by atomic mass is 16.6. The highest BCUT2D eigenvalue weighted by Gasteiger charge is 2.74. The molecule has 4 aliphatic heterocycles. The van der Waals surface area contributed by atoms with Gasteiger partial charge in [-0.05, 0) is 24.0 Å². The summed E-state index contributed by atoms with van der Waals surface area (Å²) < 4.78 is 12.6. The second kappa shape index (κ2) is 13.6. The van der Waals surface area contributed by atoms with Crippen molar-refractivity contribution >= 4 is 23.7 Å². The van der Waals surface area contributed by atoms with Gasteiger partial charge in [0, 0.05) is 19.5 Å². The van der Waals surface area contributed by atoms with E-state index in [0.717, 1.165) is 12.8 Å². The number of nitrogens with one attached hydrogen (secondary N) is 1. The SMILES string of the molecule is CCCCN1C/C=C\CCC(=O)NC[C@@H](c2ccccc2)OC(=O)[C@@H]2[C@@H]3C=C[C@]4(O3)[C@H](C1=O)N([C@H](CO)c1ccccc1)C(=O)[C@@H]24. The van der Waals surface area contributed by atoms with Crippen molar-refractivity contribution in [3.8, 4) is 0 Å². The van der Waals surface area contributed by atoms with E-state index in [1.807, 2.05) is 79.7 Å². The number of likely N-dealkylation sites (tertiary alicyclic amines) is 1. The normalized spacial score (nSPS) is 31.0. The molecular formula is C36H41N3O7. The lowest BCUT2D eigenvalue weighted by atomic mass is 9.74. The Hall–Kier alpha value is -4.28. The molecule has 10 nitrogen and oxygen atoms in total. The molecule has 6 rings (SSSR count). The Labute approximate surface area is 269 Å². The van der Waals surface area contributed by atoms with E-state index in [1.165, 1.54) is 4.90 Å². The van der Waals surface area contributed by atoms with Crippen LogP contribution in [0.5, 0.6) is 0 Å². The second-order valence-corrected chi connectivity index (χ2v) is 12.3. The number of cyclic esters (lactones) is 1. The lowest BCUT2D eigenvalue weighted by Crippen LogP contribution is -2.56. The van der Waals surface area contributed by atoms with Crippen LogP contribution in [0.2, 0.25) is 0 Å². The van der Waals surface area contributed by atoms with Crippen molar-refractivity contribution in [2.75, 3.05) is 26.2 Å². The van der Waals surface area contributed by atoms with Crippen LogP contribution in [0.25, 0.3) is 0 Å². The van der Waals surface area contributed by atoms with E-state index in [9.17, 15) is 24.3 Å². The average Bonchev–Trinajstić information content (AvgIpc) is 3.72. The largest absolute Gasteiger partial charge is 0.455 e. The van der Waals surface area contributed by atoms with Crippen molar-refractivity contribution in [2.24, 2.45) is 11.8 Å². The van der Waals surface area contributed by atoms with Crippen LogP contribution in [-0.2, 0) is 28.7 Å². The number of benzene rings is 2. The predicted octanol–water partition coefficient (Wildman–Crippen LogP) is 3.25. The van der Waals surface area contributed by atoms with Gasteiger partial charge in [-0.1, -0.05) is 98.3 Å². The first-order valence-corrected chi connectivity index (χ1v) is 16.2. The van der Waals surface area contributed by atoms with Crippen molar-refractivity contribution in [3.63, 3.8) is 0 Å². The Morgan fingerprint density at radius 2 is 1.74 bits per heavy atom. The third-order valence-corrected chi connectivity index (χ3v) is 9.55. The van der Waals surface area contributed by atoms with E-state index < -0.39 is 60.2 Å². The van der Waals surface area contributed by atoms with Gasteiger partial charge in [-0.2, -0.15) is 0 Å². The fourth-order valence-electron chi connectivity index (χ4n) is 7.28. The summed E-state index contributed by atoms with van der Waals surface area (Å²) >= 11 is 0. The first kappa shape index (κ1) is 31.7. The van der Waals surface area contributed by atoms with Gasteiger partial charge in [0.25, 0.3) is 0 Å². The molecule has 2 fully saturated rings. The first-order chi connectivity index (χ1) is 22.4. The van der Waals surface area contributed by atoms with Gasteiger partial charge in [0.1, 0.15) is 23.7 Å². The summed E-state index contributed by atoms with van der Waals surface area (Å²) in [7, 11) is 0. The lowest BCUT2D eigenvalue weighted by molar-refractivity contribution is -0.160. The Morgan fingerprint density at radius 1 is 1.00 bits per heavy atom. The molecule has 1 spiro atoms. The van der Waals surface area contributed by atoms with Crippen molar-refractivity contribution < 1.29 is 33.8 Å². The van der Waals surface area contributed by atoms with Crippen LogP contribution in [-0.4, -0.2) is 82.6 Å². The maximum atomic E-state index is 14.7. The molecule has 242 valence electrons. The Morgan fingerprint density at radius 3 is 2.46 bits per heavy atom. The molecule has 0 unspecified atom stereocenters. The number of ether oxygens (including phenoxy) is 2. The van der Waals surface area contributed by atoms with E-state index in [0.29, 0.717) is 24.1 Å². The summed E-state index contributed by atoms with van der Waals surface area (Å²) in [6.45, 7) is 2.42. The first-order valence-electron chi connectivity index (χ1n) is 16.2. The van der Waals surface area contributed by atoms with Gasteiger partial charge in [-0.3, -0.25) is 19.2 Å². The summed E-state index contributed by atoms with van der Waals surface area (Å²) in [5.41, 5.74) is -0.0394. The van der Waals surface area contributed by atoms with Gasteiger partial charge in [0.2, 0.25) is 17.7 Å². The molecule has 0 radical (unpaired) electrons. The average molecular weight is 628 g/mol. The van der Waals surface area contributed by atoms with E-state index in [1.54, 1.807) is 17.1 Å². The number of amides is 3. The minimum Gasteiger partial charge on any atom is -0.455 e. The Bertz CT molecular complexity index is 1500. The molecule has 2 aromatic rings. The fraction of sp³-hybridized carbons (Fsp3) is 0.444. The molecule has 4 heterocycles. The molecule has 0 aromatic heterocycles. The number of hydrogen-bond donors (Lipinski definition) is 2. The number of aliphatic hydroxyl groups excluding tert-OH is 1. The maximum absolute atomic E-state index is 14.7. The smallest absolute Gasteiger partial charge is 0.313 e. The topological polar surface area (TPSA) is 125 Å². The monoisotopic (exact) mass is 627 g/mol. The van der Waals surface area contributed by atoms with Crippen LogP contribution in [0.4, 0.5) is 0 Å². The summed E-state index contributed by atoms with van der Waals surface area (Å²) in [6, 6.07) is 16.3. The number of allylic oxidation sites excluding steroid dienone is 1. The third-order valence-electron chi connectivity index (χ3n) is 9.55. The molecule has 2 saturated heterocycles. The molecule has 3 amide bonds. The van der Waals surface area contributed by atoms with E-state index in [4.69, 9.17) is 9.47 Å². The molecule has 0 aliphatic carbocycles. The van der Waals surface area contributed by atoms with Crippen LogP contribution in [0.3, 0.4) is 0 Å². The number of rotatable bonds is 7. The third kappa shape index (κ3) is 5.76. The fourth-order valence-corrected chi connectivity index (χ4v) is 7.28. The van der Waals surface area contributed by atoms with Gasteiger partial charge >= 0.3 is 5.97 Å². The minimum atomic E-state index is -1.41. The lowest BCUT2D eigenvalue weighted by Gasteiger charge is -2.39. The molecule has 4 aliphatic rings. The number of carbonyl (C=O) groups is 4. The van der Waals surface area contributed by atoms with Crippen molar-refractivity contribution in [3.05, 3.63) is 96.1 Å². The van der Waals surface area contributed by atoms with Crippen LogP contribution in [0, 0.1) is 11.8 Å². The molecule has 0 saturated carbocycles. The molecule has 7 atom stereocenters. The van der Waals surface area contributed by atoms with Crippen molar-refractivity contribution in [1.29, 1.82) is 0 Å². The van der Waals surface area contributed by atoms with E-state index in [-0.39, 0.29) is 31.3 Å². The molecule has 2 aromatic carbocycles. The standard InChI is InChI=1S/C36H41N3O7/c1-2-3-20-38-21-12-6-11-17-29(41)37-22-28(25-15-9-5-10-16-25)45-35(44)30-27-18-19-36(46-27)31(30)33(42)39(32(36)34(38)43)26(23-40)24-13-7-4-8-14-24/h4-10,12-16,18-19,26-28,30-32,40H,2-3,11,17,20-23H2,1H3,(H,37,41)/b12-6-/t26-,27+,28+,30-,31-,32+,36-/m1/s1. The highest BCUT2D eigenvalue weighted by molar-refractivity contribution is 5.99. The zero-order valence-corrected chi connectivity index (χ0v) is 26.0. The Balaban J connectivity index is 1.44. The number of fused-ring (bicyclic) bond motifs is 2. The van der Waals surface area contributed by atoms with Crippen LogP contribution in [0.15, 0.2) is 85.0 Å². The quantitative estimate of drug-likeness (QED) is 0.357. The molecule has 10 heteroatoms. The number of unbranched alkanes of at least 4 members (excludes halogenated alkanes) is 1. The zero-order chi connectivity index (χ0) is 32.3. The number of nitrogens with zero attached hydrogens (tertiary/aromatic N) is 2. The summed E-state index contributed by atoms with van der Waals surface area (Å²) in [5.74, 6) is -3.63. The van der Waals surface area contributed by atoms with Crippen LogP contribution in [0.1, 0.15) is 55.9 Å². The van der Waals surface area contributed by atoms with Gasteiger partial charge in [0.05, 0.1) is 31.2 Å². The summed E-state index contributed by atoms with van der Waals surface area (Å²) in [4.78, 5) is 59.4. The van der Waals surface area contributed by atoms with Gasteiger partial charge < -0.3 is 29.7 Å². The number of hydrogen-bond acceptors (Lipinski definition) is 7. The van der Waals surface area contributed by atoms with Gasteiger partial charge in [0.15, 0.2) is 0 Å². The molecular weight excluding hydrogens is 586 g/mol. The number of carbonyl (C=O) groups excluding carboxylic acids is 4. The van der Waals surface area contributed by atoms with Crippen molar-refractivity contribution in [2.45, 2.75) is 62.5 Å². The molecule has 5 bridgehead atoms. The van der Waals surface area contributed by atoms with Gasteiger partial charge in [-0.25, -0.2) is 0 Å². The highest BCUT2D eigenvalue weighted by Crippen LogP contribution is 2.57.